The summed E-state index contributed by atoms with van der Waals surface area (Å²) in [6.07, 6.45) is 10.3. The van der Waals surface area contributed by atoms with Gasteiger partial charge < -0.3 is 0 Å². The van der Waals surface area contributed by atoms with Crippen LogP contribution in [-0.4, -0.2) is 0 Å². The SMILES string of the molecule is Cc1cc2cc[n+](C)c3c2cc1CC1CCCC(Cc2cc(C)c(C)c-3c2)C1. The summed E-state index contributed by atoms with van der Waals surface area (Å²) in [6.45, 7) is 6.90. The van der Waals surface area contributed by atoms with E-state index in [0.29, 0.717) is 0 Å². The molecule has 1 fully saturated rings. The van der Waals surface area contributed by atoms with E-state index < -0.39 is 0 Å². The van der Waals surface area contributed by atoms with Crippen LogP contribution in [0.4, 0.5) is 0 Å². The van der Waals surface area contributed by atoms with Crippen LogP contribution in [0.3, 0.4) is 0 Å². The molecule has 2 unspecified atom stereocenters. The molecule has 0 N–H and O–H groups in total. The summed E-state index contributed by atoms with van der Waals surface area (Å²) in [7, 11) is 2.20. The smallest absolute Gasteiger partial charge is 0.200 e. The molecule has 144 valence electrons. The van der Waals surface area contributed by atoms with Gasteiger partial charge in [0, 0.05) is 6.07 Å². The number of aryl methyl sites for hydroxylation is 3. The molecule has 1 aromatic heterocycles. The number of fused-ring (bicyclic) bond motifs is 6. The van der Waals surface area contributed by atoms with Crippen molar-refractivity contribution in [1.29, 1.82) is 0 Å². The molecule has 5 rings (SSSR count). The molecule has 0 aliphatic heterocycles. The molecular formula is C27H32N+. The van der Waals surface area contributed by atoms with Gasteiger partial charge >= 0.3 is 0 Å². The summed E-state index contributed by atoms with van der Waals surface area (Å²) >= 11 is 0. The molecule has 28 heavy (non-hydrogen) atoms. The van der Waals surface area contributed by atoms with Crippen LogP contribution >= 0.6 is 0 Å². The molecule has 2 aliphatic rings. The van der Waals surface area contributed by atoms with Crippen LogP contribution < -0.4 is 4.57 Å². The van der Waals surface area contributed by atoms with Crippen LogP contribution in [0.1, 0.15) is 53.5 Å². The fraction of sp³-hybridized carbons (Fsp3) is 0.444. The zero-order valence-electron chi connectivity index (χ0n) is 17.8. The number of aromatic nitrogens is 1. The van der Waals surface area contributed by atoms with Crippen molar-refractivity contribution in [3.8, 4) is 11.3 Å². The predicted octanol–water partition coefficient (Wildman–Crippen LogP) is 6.16. The van der Waals surface area contributed by atoms with Crippen LogP contribution in [0.2, 0.25) is 0 Å². The van der Waals surface area contributed by atoms with Crippen molar-refractivity contribution in [3.05, 3.63) is 64.3 Å². The topological polar surface area (TPSA) is 3.88 Å². The Bertz CT molecular complexity index is 1080. The second-order valence-corrected chi connectivity index (χ2v) is 9.53. The summed E-state index contributed by atoms with van der Waals surface area (Å²) in [5.41, 5.74) is 10.2. The molecule has 0 radical (unpaired) electrons. The molecule has 0 spiro atoms. The lowest BCUT2D eigenvalue weighted by Crippen LogP contribution is -2.31. The first-order chi connectivity index (χ1) is 13.5. The summed E-state index contributed by atoms with van der Waals surface area (Å²) in [5.74, 6) is 1.70. The van der Waals surface area contributed by atoms with Gasteiger partial charge in [-0.15, -0.1) is 0 Å². The van der Waals surface area contributed by atoms with Gasteiger partial charge in [0.25, 0.3) is 0 Å². The number of hydrogen-bond acceptors (Lipinski definition) is 0. The Hall–Kier alpha value is -2.15. The van der Waals surface area contributed by atoms with E-state index in [-0.39, 0.29) is 0 Å². The average Bonchev–Trinajstić information content (AvgIpc) is 2.66. The lowest BCUT2D eigenvalue weighted by atomic mass is 9.75. The Morgan fingerprint density at radius 1 is 0.893 bits per heavy atom. The third kappa shape index (κ3) is 2.96. The molecule has 1 nitrogen and oxygen atoms in total. The van der Waals surface area contributed by atoms with Gasteiger partial charge in [-0.2, -0.15) is 0 Å². The van der Waals surface area contributed by atoms with Crippen molar-refractivity contribution in [3.63, 3.8) is 0 Å². The normalized spacial score (nSPS) is 21.4. The summed E-state index contributed by atoms with van der Waals surface area (Å²) < 4.78 is 2.33. The highest BCUT2D eigenvalue weighted by atomic mass is 14.9. The summed E-state index contributed by atoms with van der Waals surface area (Å²) in [6, 6.07) is 12.2. The first-order valence-electron chi connectivity index (χ1n) is 11.0. The Kier molecular flexibility index (Phi) is 4.30. The molecule has 6 bridgehead atoms. The van der Waals surface area contributed by atoms with Gasteiger partial charge in [0.05, 0.1) is 10.9 Å². The fourth-order valence-electron chi connectivity index (χ4n) is 5.85. The van der Waals surface area contributed by atoms with E-state index in [1.54, 1.807) is 5.56 Å². The van der Waals surface area contributed by atoms with E-state index in [0.717, 1.165) is 11.8 Å². The van der Waals surface area contributed by atoms with Crippen LogP contribution in [-0.2, 0) is 19.9 Å². The van der Waals surface area contributed by atoms with Crippen molar-refractivity contribution in [1.82, 2.24) is 0 Å². The lowest BCUT2D eigenvalue weighted by Gasteiger charge is -2.30. The monoisotopic (exact) mass is 370 g/mol. The number of pyridine rings is 1. The van der Waals surface area contributed by atoms with Gasteiger partial charge in [-0.25, -0.2) is 4.57 Å². The molecule has 2 atom stereocenters. The molecule has 2 aliphatic carbocycles. The molecular weight excluding hydrogens is 338 g/mol. The first kappa shape index (κ1) is 17.9. The minimum Gasteiger partial charge on any atom is -0.200 e. The Balaban J connectivity index is 1.85. The maximum Gasteiger partial charge on any atom is 0.220 e. The van der Waals surface area contributed by atoms with E-state index in [1.165, 1.54) is 82.8 Å². The first-order valence-corrected chi connectivity index (χ1v) is 11.0. The van der Waals surface area contributed by atoms with Crippen molar-refractivity contribution in [2.24, 2.45) is 18.9 Å². The molecule has 2 aromatic carbocycles. The van der Waals surface area contributed by atoms with Crippen molar-refractivity contribution >= 4 is 10.8 Å². The van der Waals surface area contributed by atoms with Crippen molar-refractivity contribution in [2.45, 2.75) is 59.3 Å². The van der Waals surface area contributed by atoms with Crippen molar-refractivity contribution in [2.75, 3.05) is 0 Å². The predicted molar refractivity (Wildman–Crippen MR) is 118 cm³/mol. The molecule has 1 heteroatoms. The van der Waals surface area contributed by atoms with E-state index >= 15 is 0 Å². The number of rotatable bonds is 0. The maximum atomic E-state index is 2.52. The minimum atomic E-state index is 0.848. The number of hydrogen-bond donors (Lipinski definition) is 0. The highest BCUT2D eigenvalue weighted by Gasteiger charge is 2.26. The van der Waals surface area contributed by atoms with Crippen LogP contribution in [0.15, 0.2) is 36.5 Å². The van der Waals surface area contributed by atoms with Gasteiger partial charge in [-0.05, 0) is 97.2 Å². The summed E-state index contributed by atoms with van der Waals surface area (Å²) in [5, 5.41) is 2.79. The molecule has 1 heterocycles. The average molecular weight is 371 g/mol. The summed E-state index contributed by atoms with van der Waals surface area (Å²) in [4.78, 5) is 0. The molecule has 0 saturated heterocycles. The second kappa shape index (κ2) is 6.72. The molecule has 0 amide bonds. The quantitative estimate of drug-likeness (QED) is 0.417. The van der Waals surface area contributed by atoms with Gasteiger partial charge in [0.2, 0.25) is 5.69 Å². The van der Waals surface area contributed by atoms with E-state index in [9.17, 15) is 0 Å². The van der Waals surface area contributed by atoms with Gasteiger partial charge in [0.1, 0.15) is 7.05 Å². The largest absolute Gasteiger partial charge is 0.220 e. The maximum absolute atomic E-state index is 2.52. The number of benzene rings is 2. The van der Waals surface area contributed by atoms with Crippen LogP contribution in [0.25, 0.3) is 22.0 Å². The second-order valence-electron chi connectivity index (χ2n) is 9.53. The van der Waals surface area contributed by atoms with Crippen LogP contribution in [0.5, 0.6) is 0 Å². The Labute approximate surface area is 169 Å². The van der Waals surface area contributed by atoms with Crippen LogP contribution in [0, 0.1) is 32.6 Å². The molecule has 1 saturated carbocycles. The fourth-order valence-corrected chi connectivity index (χ4v) is 5.85. The zero-order valence-corrected chi connectivity index (χ0v) is 17.8. The van der Waals surface area contributed by atoms with E-state index in [4.69, 9.17) is 0 Å². The Morgan fingerprint density at radius 2 is 1.68 bits per heavy atom. The zero-order chi connectivity index (χ0) is 19.4. The van der Waals surface area contributed by atoms with Gasteiger partial charge in [-0.1, -0.05) is 31.4 Å². The van der Waals surface area contributed by atoms with E-state index in [1.807, 2.05) is 0 Å². The van der Waals surface area contributed by atoms with E-state index in [2.05, 4.69) is 68.9 Å². The highest BCUT2D eigenvalue weighted by Crippen LogP contribution is 2.38. The van der Waals surface area contributed by atoms with Gasteiger partial charge in [-0.3, -0.25) is 0 Å². The Morgan fingerprint density at radius 3 is 2.50 bits per heavy atom. The van der Waals surface area contributed by atoms with Gasteiger partial charge in [0.15, 0.2) is 6.20 Å². The standard InChI is InChI=1S/C27H32N/c1-17-10-22-13-20-6-5-7-21(12-20)14-24-16-26-23(11-18(24)2)8-9-28(4)27(26)25(15-22)19(17)3/h8-11,15-16,20-21H,5-7,12-14H2,1-4H3/q+1. The third-order valence-corrected chi connectivity index (χ3v) is 7.50. The highest BCUT2D eigenvalue weighted by molar-refractivity contribution is 5.94. The molecule has 3 aromatic rings. The van der Waals surface area contributed by atoms with Crippen molar-refractivity contribution < 1.29 is 4.57 Å². The number of nitrogens with zero attached hydrogens (tertiary/aromatic N) is 1. The minimum absolute atomic E-state index is 0.848. The third-order valence-electron chi connectivity index (χ3n) is 7.50. The lowest BCUT2D eigenvalue weighted by molar-refractivity contribution is -0.659.